The van der Waals surface area contributed by atoms with Crippen molar-refractivity contribution in [2.75, 3.05) is 13.7 Å². The summed E-state index contributed by atoms with van der Waals surface area (Å²) in [6.07, 6.45) is 0.995. The number of fused-ring (bicyclic) bond motifs is 3. The Kier molecular flexibility index (Phi) is 6.93. The summed E-state index contributed by atoms with van der Waals surface area (Å²) in [6, 6.07) is 14.5. The van der Waals surface area contributed by atoms with Crippen LogP contribution in [0.2, 0.25) is 0 Å². The van der Waals surface area contributed by atoms with E-state index in [1.165, 1.54) is 0 Å². The number of carbonyl (C=O) groups excluding carboxylic acids is 2. The average Bonchev–Trinajstić information content (AvgIpc) is 3.39. The summed E-state index contributed by atoms with van der Waals surface area (Å²) in [5.74, 6) is -1.88. The van der Waals surface area contributed by atoms with Gasteiger partial charge in [-0.15, -0.1) is 0 Å². The number of hydrogen-bond donors (Lipinski definition) is 3. The lowest BCUT2D eigenvalue weighted by Gasteiger charge is -2.23. The van der Waals surface area contributed by atoms with E-state index in [-0.39, 0.29) is 24.7 Å². The van der Waals surface area contributed by atoms with Crippen LogP contribution in [0.1, 0.15) is 42.7 Å². The van der Waals surface area contributed by atoms with E-state index in [0.29, 0.717) is 0 Å². The second-order valence-corrected chi connectivity index (χ2v) is 8.44. The van der Waals surface area contributed by atoms with Gasteiger partial charge in [0.25, 0.3) is 0 Å². The largest absolute Gasteiger partial charge is 0.481 e. The third-order valence-corrected chi connectivity index (χ3v) is 6.41. The zero-order chi connectivity index (χ0) is 23.4. The smallest absolute Gasteiger partial charge is 0.407 e. The normalized spacial score (nSPS) is 19.9. The van der Waals surface area contributed by atoms with Crippen LogP contribution >= 0.6 is 0 Å². The van der Waals surface area contributed by atoms with E-state index in [4.69, 9.17) is 9.47 Å². The molecule has 2 aliphatic rings. The number of carboxylic acid groups (broad SMARTS) is 1. The second-order valence-electron chi connectivity index (χ2n) is 8.44. The highest BCUT2D eigenvalue weighted by Crippen LogP contribution is 2.44. The Bertz CT molecular complexity index is 994. The van der Waals surface area contributed by atoms with Gasteiger partial charge in [0.15, 0.2) is 0 Å². The Balaban J connectivity index is 1.40. The third kappa shape index (κ3) is 5.01. The average molecular weight is 453 g/mol. The predicted molar refractivity (Wildman–Crippen MR) is 121 cm³/mol. The molecule has 0 saturated heterocycles. The maximum atomic E-state index is 12.7. The number of methoxy groups -OCH3 is 1. The Labute approximate surface area is 192 Å². The van der Waals surface area contributed by atoms with E-state index >= 15 is 0 Å². The Morgan fingerprint density at radius 2 is 1.67 bits per heavy atom. The van der Waals surface area contributed by atoms with Gasteiger partial charge in [0.1, 0.15) is 12.6 Å². The first kappa shape index (κ1) is 22.8. The molecule has 4 rings (SSSR count). The van der Waals surface area contributed by atoms with Gasteiger partial charge in [-0.25, -0.2) is 4.79 Å². The highest BCUT2D eigenvalue weighted by atomic mass is 16.5. The van der Waals surface area contributed by atoms with E-state index < -0.39 is 30.4 Å². The molecule has 8 nitrogen and oxygen atoms in total. The van der Waals surface area contributed by atoms with E-state index in [0.717, 1.165) is 41.5 Å². The summed E-state index contributed by atoms with van der Waals surface area (Å²) in [5.41, 5.74) is 4.35. The lowest BCUT2D eigenvalue weighted by Crippen LogP contribution is -2.52. The van der Waals surface area contributed by atoms with Crippen LogP contribution in [0.4, 0.5) is 4.79 Å². The van der Waals surface area contributed by atoms with Crippen LogP contribution < -0.4 is 10.6 Å². The number of benzene rings is 2. The monoisotopic (exact) mass is 452 g/mol. The van der Waals surface area contributed by atoms with Crippen molar-refractivity contribution >= 4 is 18.0 Å². The van der Waals surface area contributed by atoms with Crippen molar-refractivity contribution in [2.24, 2.45) is 0 Å². The molecule has 1 fully saturated rings. The van der Waals surface area contributed by atoms with Crippen molar-refractivity contribution in [3.05, 3.63) is 59.7 Å². The molecular formula is C25H28N2O6. The number of carboxylic acids is 1. The van der Waals surface area contributed by atoms with Gasteiger partial charge in [0.05, 0.1) is 18.6 Å². The first-order valence-electron chi connectivity index (χ1n) is 11.1. The fourth-order valence-corrected chi connectivity index (χ4v) is 4.82. The maximum Gasteiger partial charge on any atom is 0.407 e. The van der Waals surface area contributed by atoms with Crippen LogP contribution in [-0.4, -0.2) is 55.0 Å². The molecule has 0 aliphatic heterocycles. The number of aliphatic carboxylic acids is 1. The van der Waals surface area contributed by atoms with Gasteiger partial charge in [0.2, 0.25) is 5.91 Å². The van der Waals surface area contributed by atoms with Crippen LogP contribution in [-0.2, 0) is 19.1 Å². The highest BCUT2D eigenvalue weighted by Gasteiger charge is 2.33. The van der Waals surface area contributed by atoms with Crippen molar-refractivity contribution in [1.82, 2.24) is 10.6 Å². The minimum atomic E-state index is -1.24. The molecule has 0 aromatic heterocycles. The molecule has 0 spiro atoms. The number of rotatable bonds is 8. The first-order chi connectivity index (χ1) is 16.0. The molecule has 1 saturated carbocycles. The molecule has 2 amide bonds. The van der Waals surface area contributed by atoms with Crippen molar-refractivity contribution in [3.63, 3.8) is 0 Å². The molecule has 2 aliphatic carbocycles. The number of alkyl carbamates (subject to hydrolysis) is 1. The molecule has 0 radical (unpaired) electrons. The van der Waals surface area contributed by atoms with Crippen LogP contribution in [0, 0.1) is 0 Å². The zero-order valence-electron chi connectivity index (χ0n) is 18.5. The maximum absolute atomic E-state index is 12.7. The Morgan fingerprint density at radius 1 is 1.03 bits per heavy atom. The van der Waals surface area contributed by atoms with Gasteiger partial charge in [-0.05, 0) is 41.5 Å². The summed E-state index contributed by atoms with van der Waals surface area (Å²) in [6.45, 7) is 0.0790. The molecule has 2 aromatic rings. The molecule has 174 valence electrons. The highest BCUT2D eigenvalue weighted by molar-refractivity contribution is 5.89. The topological polar surface area (TPSA) is 114 Å². The van der Waals surface area contributed by atoms with Gasteiger partial charge in [-0.2, -0.15) is 0 Å². The zero-order valence-corrected chi connectivity index (χ0v) is 18.5. The van der Waals surface area contributed by atoms with Gasteiger partial charge in [-0.3, -0.25) is 9.59 Å². The summed E-state index contributed by atoms with van der Waals surface area (Å²) in [7, 11) is 1.58. The predicted octanol–water partition coefficient (Wildman–Crippen LogP) is 3.05. The van der Waals surface area contributed by atoms with E-state index in [1.54, 1.807) is 7.11 Å². The van der Waals surface area contributed by atoms with E-state index in [9.17, 15) is 19.5 Å². The third-order valence-electron chi connectivity index (χ3n) is 6.41. The number of carbonyl (C=O) groups is 3. The van der Waals surface area contributed by atoms with Crippen LogP contribution in [0.5, 0.6) is 0 Å². The molecule has 0 heterocycles. The fourth-order valence-electron chi connectivity index (χ4n) is 4.82. The van der Waals surface area contributed by atoms with Crippen LogP contribution in [0.15, 0.2) is 48.5 Å². The minimum absolute atomic E-state index is 0.0790. The summed E-state index contributed by atoms with van der Waals surface area (Å²) >= 11 is 0. The van der Waals surface area contributed by atoms with Crippen molar-refractivity contribution in [2.45, 2.75) is 49.8 Å². The molecule has 0 bridgehead atoms. The first-order valence-corrected chi connectivity index (χ1v) is 11.1. The van der Waals surface area contributed by atoms with Gasteiger partial charge >= 0.3 is 12.1 Å². The summed E-state index contributed by atoms with van der Waals surface area (Å²) in [5, 5.41) is 14.5. The van der Waals surface area contributed by atoms with Crippen LogP contribution in [0.25, 0.3) is 11.1 Å². The molecular weight excluding hydrogens is 424 g/mol. The lowest BCUT2D eigenvalue weighted by molar-refractivity contribution is -0.140. The van der Waals surface area contributed by atoms with Crippen LogP contribution in [0.3, 0.4) is 0 Å². The van der Waals surface area contributed by atoms with Crippen molar-refractivity contribution in [3.8, 4) is 11.1 Å². The molecule has 1 unspecified atom stereocenters. The number of amides is 2. The SMILES string of the molecule is CO[C@@H]1CCC[C@H]1NC(=O)C(CC(=O)O)NC(=O)OCC1c2ccccc2-c2ccccc21. The number of hydrogen-bond acceptors (Lipinski definition) is 5. The summed E-state index contributed by atoms with van der Waals surface area (Å²) < 4.78 is 10.8. The minimum Gasteiger partial charge on any atom is -0.481 e. The fraction of sp³-hybridized carbons (Fsp3) is 0.400. The number of ether oxygens (including phenoxy) is 2. The van der Waals surface area contributed by atoms with E-state index in [1.807, 2.05) is 48.5 Å². The van der Waals surface area contributed by atoms with E-state index in [2.05, 4.69) is 10.6 Å². The Morgan fingerprint density at radius 3 is 2.27 bits per heavy atom. The quantitative estimate of drug-likeness (QED) is 0.567. The molecule has 3 N–H and O–H groups in total. The number of nitrogens with one attached hydrogen (secondary N) is 2. The molecule has 3 atom stereocenters. The van der Waals surface area contributed by atoms with Gasteiger partial charge in [-0.1, -0.05) is 48.5 Å². The van der Waals surface area contributed by atoms with Gasteiger partial charge in [0, 0.05) is 13.0 Å². The second kappa shape index (κ2) is 10.0. The Hall–Kier alpha value is -3.39. The molecule has 33 heavy (non-hydrogen) atoms. The van der Waals surface area contributed by atoms with Crippen molar-refractivity contribution < 1.29 is 29.0 Å². The summed E-state index contributed by atoms with van der Waals surface area (Å²) in [4.78, 5) is 36.6. The lowest BCUT2D eigenvalue weighted by atomic mass is 9.98. The van der Waals surface area contributed by atoms with Crippen molar-refractivity contribution in [1.29, 1.82) is 0 Å². The van der Waals surface area contributed by atoms with Gasteiger partial charge < -0.3 is 25.2 Å². The molecule has 2 aromatic carbocycles. The molecule has 8 heteroatoms. The standard InChI is InChI=1S/C25H28N2O6/c1-32-22-12-6-11-20(22)26-24(30)21(13-23(28)29)27-25(31)33-14-19-17-9-4-2-7-15(17)16-8-3-5-10-18(16)19/h2-5,7-10,19-22H,6,11-14H2,1H3,(H,26,30)(H,27,31)(H,28,29)/t20-,21?,22-/m1/s1.